The smallest absolute Gasteiger partial charge is 0.254 e. The lowest BCUT2D eigenvalue weighted by Gasteiger charge is -2.30. The second-order valence-corrected chi connectivity index (χ2v) is 5.30. The highest BCUT2D eigenvalue weighted by Gasteiger charge is 2.29. The van der Waals surface area contributed by atoms with E-state index in [2.05, 4.69) is 20.4 Å². The van der Waals surface area contributed by atoms with Gasteiger partial charge in [-0.3, -0.25) is 4.79 Å². The maximum absolute atomic E-state index is 11.6. The van der Waals surface area contributed by atoms with Gasteiger partial charge in [0.05, 0.1) is 5.92 Å². The molecule has 0 saturated heterocycles. The summed E-state index contributed by atoms with van der Waals surface area (Å²) in [5, 5.41) is 7.56. The number of nitrogens with two attached hydrogens (primary N) is 1. The fourth-order valence-electron chi connectivity index (χ4n) is 2.87. The monoisotopic (exact) mass is 274 g/mol. The summed E-state index contributed by atoms with van der Waals surface area (Å²) in [5.74, 6) is 1.00. The van der Waals surface area contributed by atoms with Crippen LogP contribution in [-0.2, 0) is 4.79 Å². The molecule has 0 radical (unpaired) electrons. The lowest BCUT2D eigenvalue weighted by molar-refractivity contribution is -0.122. The molecule has 1 saturated carbocycles. The minimum Gasteiger partial charge on any atom is -0.369 e. The summed E-state index contributed by atoms with van der Waals surface area (Å²) in [4.78, 5) is 20.0. The summed E-state index contributed by atoms with van der Waals surface area (Å²) in [5.41, 5.74) is 6.37. The molecular formula is C13H18N6O. The van der Waals surface area contributed by atoms with E-state index < -0.39 is 0 Å². The van der Waals surface area contributed by atoms with E-state index in [1.807, 2.05) is 13.0 Å². The number of hydrogen-bond acceptors (Lipinski definition) is 5. The zero-order valence-corrected chi connectivity index (χ0v) is 11.4. The largest absolute Gasteiger partial charge is 0.369 e. The van der Waals surface area contributed by atoms with Crippen molar-refractivity contribution in [3.8, 4) is 0 Å². The summed E-state index contributed by atoms with van der Waals surface area (Å²) >= 11 is 0. The number of rotatable bonds is 3. The van der Waals surface area contributed by atoms with Crippen LogP contribution in [0.15, 0.2) is 12.4 Å². The van der Waals surface area contributed by atoms with Crippen molar-refractivity contribution in [2.45, 2.75) is 38.6 Å². The number of amides is 1. The molecule has 7 nitrogen and oxygen atoms in total. The molecule has 2 aromatic heterocycles. The van der Waals surface area contributed by atoms with Crippen molar-refractivity contribution in [3.63, 3.8) is 0 Å². The standard InChI is InChI=1S/C13H18N6O/c1-8-6-11(19-13(17-8)15-7-16-19)18-10-5-3-2-4-9(10)12(14)20/h6-7,9-10,18H,2-5H2,1H3,(H2,14,20). The number of fused-ring (bicyclic) bond motifs is 1. The van der Waals surface area contributed by atoms with E-state index in [0.29, 0.717) is 5.78 Å². The molecule has 0 spiro atoms. The number of nitrogens with one attached hydrogen (secondary N) is 1. The van der Waals surface area contributed by atoms with Gasteiger partial charge < -0.3 is 11.1 Å². The first kappa shape index (κ1) is 12.8. The van der Waals surface area contributed by atoms with E-state index in [0.717, 1.165) is 37.2 Å². The van der Waals surface area contributed by atoms with Gasteiger partial charge >= 0.3 is 0 Å². The summed E-state index contributed by atoms with van der Waals surface area (Å²) in [6.45, 7) is 1.91. The van der Waals surface area contributed by atoms with Crippen molar-refractivity contribution in [3.05, 3.63) is 18.1 Å². The van der Waals surface area contributed by atoms with Crippen LogP contribution in [0, 0.1) is 12.8 Å². The van der Waals surface area contributed by atoms with Gasteiger partial charge in [0.2, 0.25) is 5.91 Å². The maximum atomic E-state index is 11.6. The first-order valence-electron chi connectivity index (χ1n) is 6.88. The van der Waals surface area contributed by atoms with Gasteiger partial charge in [-0.15, -0.1) is 0 Å². The van der Waals surface area contributed by atoms with Gasteiger partial charge in [-0.25, -0.2) is 4.98 Å². The average molecular weight is 274 g/mol. The number of aryl methyl sites for hydroxylation is 1. The molecular weight excluding hydrogens is 256 g/mol. The molecule has 3 rings (SSSR count). The highest BCUT2D eigenvalue weighted by atomic mass is 16.1. The van der Waals surface area contributed by atoms with Gasteiger partial charge in [0, 0.05) is 17.8 Å². The van der Waals surface area contributed by atoms with Crippen LogP contribution in [0.1, 0.15) is 31.4 Å². The van der Waals surface area contributed by atoms with E-state index in [1.165, 1.54) is 6.33 Å². The first-order chi connectivity index (χ1) is 9.65. The van der Waals surface area contributed by atoms with Gasteiger partial charge in [0.1, 0.15) is 12.1 Å². The van der Waals surface area contributed by atoms with E-state index in [4.69, 9.17) is 5.73 Å². The lowest BCUT2D eigenvalue weighted by atomic mass is 9.84. The van der Waals surface area contributed by atoms with Crippen LogP contribution in [0.2, 0.25) is 0 Å². The molecule has 3 N–H and O–H groups in total. The third-order valence-electron chi connectivity index (χ3n) is 3.84. The van der Waals surface area contributed by atoms with Gasteiger partial charge in [-0.05, 0) is 19.8 Å². The quantitative estimate of drug-likeness (QED) is 0.866. The molecule has 1 fully saturated rings. The van der Waals surface area contributed by atoms with Crippen LogP contribution in [-0.4, -0.2) is 31.5 Å². The Morgan fingerprint density at radius 1 is 1.45 bits per heavy atom. The Morgan fingerprint density at radius 2 is 2.25 bits per heavy atom. The molecule has 7 heteroatoms. The maximum Gasteiger partial charge on any atom is 0.254 e. The van der Waals surface area contributed by atoms with E-state index in [-0.39, 0.29) is 17.9 Å². The SMILES string of the molecule is Cc1cc(NC2CCCCC2C(N)=O)n2ncnc2n1. The second kappa shape index (κ2) is 5.07. The summed E-state index contributed by atoms with van der Waals surface area (Å²) < 4.78 is 1.65. The molecule has 0 aromatic carbocycles. The predicted molar refractivity (Wildman–Crippen MR) is 74.1 cm³/mol. The Hall–Kier alpha value is -2.18. The highest BCUT2D eigenvalue weighted by Crippen LogP contribution is 2.27. The Morgan fingerprint density at radius 3 is 3.05 bits per heavy atom. The van der Waals surface area contributed by atoms with E-state index in [1.54, 1.807) is 4.52 Å². The molecule has 2 heterocycles. The Kier molecular flexibility index (Phi) is 3.25. The molecule has 0 bridgehead atoms. The van der Waals surface area contributed by atoms with Crippen LogP contribution in [0.25, 0.3) is 5.78 Å². The number of hydrogen-bond donors (Lipinski definition) is 2. The minimum atomic E-state index is -0.234. The zero-order chi connectivity index (χ0) is 14.1. The molecule has 20 heavy (non-hydrogen) atoms. The number of anilines is 1. The molecule has 0 aliphatic heterocycles. The predicted octanol–water partition coefficient (Wildman–Crippen LogP) is 0.889. The molecule has 2 aromatic rings. The van der Waals surface area contributed by atoms with E-state index >= 15 is 0 Å². The molecule has 2 atom stereocenters. The average Bonchev–Trinajstić information content (AvgIpc) is 2.87. The fourth-order valence-corrected chi connectivity index (χ4v) is 2.87. The van der Waals surface area contributed by atoms with Crippen molar-refractivity contribution in [2.75, 3.05) is 5.32 Å². The van der Waals surface area contributed by atoms with Crippen LogP contribution in [0.3, 0.4) is 0 Å². The number of carbonyl (C=O) groups is 1. The van der Waals surface area contributed by atoms with Gasteiger partial charge in [0.25, 0.3) is 5.78 Å². The van der Waals surface area contributed by atoms with Crippen molar-refractivity contribution in [2.24, 2.45) is 11.7 Å². The van der Waals surface area contributed by atoms with Crippen molar-refractivity contribution < 1.29 is 4.79 Å². The molecule has 2 unspecified atom stereocenters. The third-order valence-corrected chi connectivity index (χ3v) is 3.84. The molecule has 1 amide bonds. The Bertz CT molecular complexity index is 637. The minimum absolute atomic E-state index is 0.0513. The Labute approximate surface area is 116 Å². The van der Waals surface area contributed by atoms with Crippen molar-refractivity contribution in [1.29, 1.82) is 0 Å². The van der Waals surface area contributed by atoms with Crippen molar-refractivity contribution >= 4 is 17.5 Å². The van der Waals surface area contributed by atoms with Crippen LogP contribution in [0.5, 0.6) is 0 Å². The van der Waals surface area contributed by atoms with Crippen LogP contribution < -0.4 is 11.1 Å². The number of primary amides is 1. The van der Waals surface area contributed by atoms with E-state index in [9.17, 15) is 4.79 Å². The first-order valence-corrected chi connectivity index (χ1v) is 6.88. The Balaban J connectivity index is 1.91. The summed E-state index contributed by atoms with van der Waals surface area (Å²) in [6, 6.07) is 1.96. The summed E-state index contributed by atoms with van der Waals surface area (Å²) in [6.07, 6.45) is 5.41. The number of aromatic nitrogens is 4. The van der Waals surface area contributed by atoms with Gasteiger partial charge in [-0.2, -0.15) is 14.6 Å². The lowest BCUT2D eigenvalue weighted by Crippen LogP contribution is -2.40. The molecule has 1 aliphatic carbocycles. The summed E-state index contributed by atoms with van der Waals surface area (Å²) in [7, 11) is 0. The van der Waals surface area contributed by atoms with Crippen LogP contribution >= 0.6 is 0 Å². The normalized spacial score (nSPS) is 22.9. The third kappa shape index (κ3) is 2.31. The second-order valence-electron chi connectivity index (χ2n) is 5.30. The van der Waals surface area contributed by atoms with Gasteiger partial charge in [0.15, 0.2) is 0 Å². The highest BCUT2D eigenvalue weighted by molar-refractivity contribution is 5.78. The van der Waals surface area contributed by atoms with Gasteiger partial charge in [-0.1, -0.05) is 12.8 Å². The van der Waals surface area contributed by atoms with Crippen LogP contribution in [0.4, 0.5) is 5.82 Å². The number of nitrogens with zero attached hydrogens (tertiary/aromatic N) is 4. The molecule has 1 aliphatic rings. The topological polar surface area (TPSA) is 98.2 Å². The van der Waals surface area contributed by atoms with Crippen molar-refractivity contribution in [1.82, 2.24) is 19.6 Å². The fraction of sp³-hybridized carbons (Fsp3) is 0.538. The number of carbonyl (C=O) groups excluding carboxylic acids is 1. The zero-order valence-electron chi connectivity index (χ0n) is 11.4. The molecule has 106 valence electrons.